The molecule has 0 amide bonds. The van der Waals surface area contributed by atoms with Crippen molar-refractivity contribution in [2.45, 2.75) is 37.9 Å². The van der Waals surface area contributed by atoms with Crippen LogP contribution in [0.5, 0.6) is 0 Å². The number of rotatable bonds is 7. The Morgan fingerprint density at radius 2 is 2.19 bits per heavy atom. The van der Waals surface area contributed by atoms with Crippen molar-refractivity contribution in [1.29, 1.82) is 0 Å². The SMILES string of the molecule is CCCn1cc(S(=O)(=O)NCc2cc(Br)cs2)cc1CN. The Morgan fingerprint density at radius 1 is 1.43 bits per heavy atom. The number of hydrogen-bond donors (Lipinski definition) is 2. The Balaban J connectivity index is 2.15. The lowest BCUT2D eigenvalue weighted by Gasteiger charge is -2.04. The number of sulfonamides is 1. The molecular weight excluding hydrogens is 374 g/mol. The highest BCUT2D eigenvalue weighted by atomic mass is 79.9. The minimum Gasteiger partial charge on any atom is -0.349 e. The van der Waals surface area contributed by atoms with Gasteiger partial charge in [0.15, 0.2) is 0 Å². The maximum atomic E-state index is 12.3. The smallest absolute Gasteiger partial charge is 0.242 e. The van der Waals surface area contributed by atoms with Crippen LogP contribution in [0.15, 0.2) is 33.1 Å². The van der Waals surface area contributed by atoms with E-state index in [-0.39, 0.29) is 11.4 Å². The van der Waals surface area contributed by atoms with E-state index in [0.717, 1.165) is 28.0 Å². The number of thiophene rings is 1. The molecule has 0 fully saturated rings. The van der Waals surface area contributed by atoms with E-state index in [4.69, 9.17) is 5.73 Å². The van der Waals surface area contributed by atoms with Crippen LogP contribution in [-0.2, 0) is 29.7 Å². The van der Waals surface area contributed by atoms with E-state index >= 15 is 0 Å². The molecule has 2 aromatic rings. The summed E-state index contributed by atoms with van der Waals surface area (Å²) in [7, 11) is -3.51. The Kier molecular flexibility index (Phi) is 5.61. The van der Waals surface area contributed by atoms with Gasteiger partial charge in [-0.25, -0.2) is 13.1 Å². The Bertz CT molecular complexity index is 707. The zero-order chi connectivity index (χ0) is 15.5. The molecule has 0 aliphatic carbocycles. The van der Waals surface area contributed by atoms with E-state index in [1.165, 1.54) is 11.3 Å². The first-order valence-corrected chi connectivity index (χ1v) is 9.73. The average Bonchev–Trinajstić information content (AvgIpc) is 3.04. The molecule has 2 rings (SSSR count). The van der Waals surface area contributed by atoms with Gasteiger partial charge in [0, 0.05) is 46.3 Å². The van der Waals surface area contributed by atoms with Crippen LogP contribution >= 0.6 is 27.3 Å². The lowest BCUT2D eigenvalue weighted by Crippen LogP contribution is -2.22. The molecule has 0 bridgehead atoms. The van der Waals surface area contributed by atoms with Gasteiger partial charge in [0.05, 0.1) is 4.90 Å². The van der Waals surface area contributed by atoms with Gasteiger partial charge in [-0.15, -0.1) is 11.3 Å². The first kappa shape index (κ1) is 16.7. The molecule has 21 heavy (non-hydrogen) atoms. The van der Waals surface area contributed by atoms with Crippen molar-refractivity contribution in [3.05, 3.63) is 38.8 Å². The van der Waals surface area contributed by atoms with E-state index in [2.05, 4.69) is 20.7 Å². The first-order chi connectivity index (χ1) is 9.96. The van der Waals surface area contributed by atoms with Gasteiger partial charge in [0.1, 0.15) is 0 Å². The lowest BCUT2D eigenvalue weighted by atomic mass is 10.4. The van der Waals surface area contributed by atoms with Gasteiger partial charge in [-0.2, -0.15) is 0 Å². The zero-order valence-electron chi connectivity index (χ0n) is 11.7. The van der Waals surface area contributed by atoms with Crippen LogP contribution in [0.3, 0.4) is 0 Å². The maximum absolute atomic E-state index is 12.3. The summed E-state index contributed by atoms with van der Waals surface area (Å²) in [6.07, 6.45) is 2.58. The van der Waals surface area contributed by atoms with Crippen molar-refractivity contribution in [1.82, 2.24) is 9.29 Å². The summed E-state index contributed by atoms with van der Waals surface area (Å²) >= 11 is 4.86. The number of aryl methyl sites for hydroxylation is 1. The van der Waals surface area contributed by atoms with E-state index in [1.807, 2.05) is 22.9 Å². The van der Waals surface area contributed by atoms with Crippen molar-refractivity contribution in [3.8, 4) is 0 Å². The predicted molar refractivity (Wildman–Crippen MR) is 88.7 cm³/mol. The Labute approximate surface area is 137 Å². The second kappa shape index (κ2) is 7.06. The molecule has 0 unspecified atom stereocenters. The molecule has 0 aliphatic rings. The molecule has 0 aromatic carbocycles. The summed E-state index contributed by atoms with van der Waals surface area (Å²) in [4.78, 5) is 1.23. The van der Waals surface area contributed by atoms with E-state index in [1.54, 1.807) is 12.3 Å². The van der Waals surface area contributed by atoms with Gasteiger partial charge in [-0.1, -0.05) is 6.92 Å². The maximum Gasteiger partial charge on any atom is 0.242 e. The predicted octanol–water partition coefficient (Wildman–Crippen LogP) is 2.66. The third kappa shape index (κ3) is 4.17. The highest BCUT2D eigenvalue weighted by Crippen LogP contribution is 2.20. The molecule has 3 N–H and O–H groups in total. The number of halogens is 1. The van der Waals surface area contributed by atoms with Crippen LogP contribution in [0.2, 0.25) is 0 Å². The van der Waals surface area contributed by atoms with Crippen LogP contribution in [0, 0.1) is 0 Å². The largest absolute Gasteiger partial charge is 0.349 e. The molecule has 5 nitrogen and oxygen atoms in total. The minimum atomic E-state index is -3.51. The average molecular weight is 392 g/mol. The Hall–Kier alpha value is -0.670. The molecule has 0 atom stereocenters. The summed E-state index contributed by atoms with van der Waals surface area (Å²) in [5.41, 5.74) is 6.50. The zero-order valence-corrected chi connectivity index (χ0v) is 14.9. The van der Waals surface area contributed by atoms with Crippen LogP contribution in [0.1, 0.15) is 23.9 Å². The summed E-state index contributed by atoms with van der Waals surface area (Å²) in [5, 5.41) is 1.92. The summed E-state index contributed by atoms with van der Waals surface area (Å²) in [6, 6.07) is 3.54. The fraction of sp³-hybridized carbons (Fsp3) is 0.385. The van der Waals surface area contributed by atoms with Crippen LogP contribution < -0.4 is 10.5 Å². The molecule has 0 radical (unpaired) electrons. The van der Waals surface area contributed by atoms with Crippen LogP contribution in [-0.4, -0.2) is 13.0 Å². The Morgan fingerprint density at radius 3 is 2.76 bits per heavy atom. The van der Waals surface area contributed by atoms with E-state index in [0.29, 0.717) is 6.54 Å². The summed E-state index contributed by atoms with van der Waals surface area (Å²) in [5.74, 6) is 0. The topological polar surface area (TPSA) is 77.1 Å². The highest BCUT2D eigenvalue weighted by Gasteiger charge is 2.18. The van der Waals surface area contributed by atoms with E-state index in [9.17, 15) is 8.42 Å². The van der Waals surface area contributed by atoms with Crippen molar-refractivity contribution in [2.75, 3.05) is 0 Å². The molecule has 0 saturated heterocycles. The summed E-state index contributed by atoms with van der Waals surface area (Å²) in [6.45, 7) is 3.42. The van der Waals surface area contributed by atoms with Crippen LogP contribution in [0.25, 0.3) is 0 Å². The number of nitrogens with zero attached hydrogens (tertiary/aromatic N) is 1. The minimum absolute atomic E-state index is 0.270. The van der Waals surface area contributed by atoms with Crippen LogP contribution in [0.4, 0.5) is 0 Å². The monoisotopic (exact) mass is 391 g/mol. The molecular formula is C13H18BrN3O2S2. The van der Waals surface area contributed by atoms with Gasteiger partial charge < -0.3 is 10.3 Å². The lowest BCUT2D eigenvalue weighted by molar-refractivity contribution is 0.581. The number of nitrogens with two attached hydrogens (primary N) is 1. The number of aromatic nitrogens is 1. The van der Waals surface area contributed by atoms with Gasteiger partial charge >= 0.3 is 0 Å². The van der Waals surface area contributed by atoms with Crippen molar-refractivity contribution in [3.63, 3.8) is 0 Å². The number of hydrogen-bond acceptors (Lipinski definition) is 4. The van der Waals surface area contributed by atoms with Gasteiger partial charge in [0.25, 0.3) is 0 Å². The fourth-order valence-electron chi connectivity index (χ4n) is 1.99. The van der Waals surface area contributed by atoms with Crippen molar-refractivity contribution >= 4 is 37.3 Å². The van der Waals surface area contributed by atoms with Gasteiger partial charge in [-0.3, -0.25) is 0 Å². The molecule has 2 heterocycles. The quantitative estimate of drug-likeness (QED) is 0.761. The highest BCUT2D eigenvalue weighted by molar-refractivity contribution is 9.10. The third-order valence-electron chi connectivity index (χ3n) is 3.00. The first-order valence-electron chi connectivity index (χ1n) is 6.58. The second-order valence-electron chi connectivity index (χ2n) is 4.62. The van der Waals surface area contributed by atoms with Gasteiger partial charge in [-0.05, 0) is 34.5 Å². The molecule has 8 heteroatoms. The summed E-state index contributed by atoms with van der Waals surface area (Å²) < 4.78 is 30.1. The van der Waals surface area contributed by atoms with Crippen molar-refractivity contribution < 1.29 is 8.42 Å². The third-order valence-corrected chi connectivity index (χ3v) is 6.07. The number of nitrogens with one attached hydrogen (secondary N) is 1. The molecule has 116 valence electrons. The molecule has 0 saturated carbocycles. The van der Waals surface area contributed by atoms with Crippen molar-refractivity contribution in [2.24, 2.45) is 5.73 Å². The standard InChI is InChI=1S/C13H18BrN3O2S2/c1-2-3-17-8-13(5-11(17)6-15)21(18,19)16-7-12-4-10(14)9-20-12/h4-5,8-9,16H,2-3,6-7,15H2,1H3. The molecule has 0 spiro atoms. The molecule has 2 aromatic heterocycles. The fourth-order valence-corrected chi connectivity index (χ4v) is 4.54. The molecule has 0 aliphatic heterocycles. The second-order valence-corrected chi connectivity index (χ2v) is 8.30. The van der Waals surface area contributed by atoms with E-state index < -0.39 is 10.0 Å². The normalized spacial score (nSPS) is 12.0. The van der Waals surface area contributed by atoms with Gasteiger partial charge in [0.2, 0.25) is 10.0 Å².